The lowest BCUT2D eigenvalue weighted by Gasteiger charge is -2.40. The van der Waals surface area contributed by atoms with Crippen molar-refractivity contribution in [1.82, 2.24) is 4.98 Å². The molecule has 3 nitrogen and oxygen atoms in total. The third-order valence-corrected chi connectivity index (χ3v) is 5.60. The lowest BCUT2D eigenvalue weighted by Crippen LogP contribution is -2.52. The van der Waals surface area contributed by atoms with E-state index in [0.29, 0.717) is 11.1 Å². The van der Waals surface area contributed by atoms with Gasteiger partial charge in [0.05, 0.1) is 5.25 Å². The van der Waals surface area contributed by atoms with Gasteiger partial charge in [0.1, 0.15) is 5.15 Å². The van der Waals surface area contributed by atoms with E-state index in [0.717, 1.165) is 18.5 Å². The molecule has 1 fully saturated rings. The zero-order valence-electron chi connectivity index (χ0n) is 12.5. The van der Waals surface area contributed by atoms with Crippen molar-refractivity contribution in [3.63, 3.8) is 0 Å². The topological polar surface area (TPSA) is 33.2 Å². The second kappa shape index (κ2) is 5.58. The highest BCUT2D eigenvalue weighted by atomic mass is 35.5. The number of halogens is 1. The Morgan fingerprint density at radius 2 is 2.05 bits per heavy atom. The van der Waals surface area contributed by atoms with E-state index in [9.17, 15) is 4.21 Å². The predicted octanol–water partition coefficient (Wildman–Crippen LogP) is 3.58. The highest BCUT2D eigenvalue weighted by Crippen LogP contribution is 2.35. The van der Waals surface area contributed by atoms with Gasteiger partial charge in [-0.2, -0.15) is 0 Å². The normalized spacial score (nSPS) is 17.3. The van der Waals surface area contributed by atoms with Gasteiger partial charge in [0.25, 0.3) is 0 Å². The summed E-state index contributed by atoms with van der Waals surface area (Å²) in [6, 6.07) is 6.28. The van der Waals surface area contributed by atoms with Gasteiger partial charge in [-0.1, -0.05) is 31.5 Å². The molecule has 1 aliphatic rings. The number of fused-ring (bicyclic) bond motifs is 1. The van der Waals surface area contributed by atoms with Crippen molar-refractivity contribution in [3.05, 3.63) is 35.1 Å². The molecule has 0 unspecified atom stereocenters. The average molecular weight is 323 g/mol. The predicted molar refractivity (Wildman–Crippen MR) is 90.9 cm³/mol. The van der Waals surface area contributed by atoms with Crippen molar-refractivity contribution < 1.29 is 4.21 Å². The summed E-state index contributed by atoms with van der Waals surface area (Å²) in [6.07, 6.45) is 3.64. The lowest BCUT2D eigenvalue weighted by molar-refractivity contribution is 0.603. The van der Waals surface area contributed by atoms with Crippen LogP contribution in [0.25, 0.3) is 10.8 Å². The van der Waals surface area contributed by atoms with E-state index < -0.39 is 10.8 Å². The van der Waals surface area contributed by atoms with Crippen molar-refractivity contribution in [2.75, 3.05) is 24.2 Å². The van der Waals surface area contributed by atoms with E-state index in [1.165, 1.54) is 16.6 Å². The largest absolute Gasteiger partial charge is 0.368 e. The molecule has 0 amide bonds. The Kier molecular flexibility index (Phi) is 3.93. The number of hydrogen-bond acceptors (Lipinski definition) is 3. The Balaban J connectivity index is 2.05. The van der Waals surface area contributed by atoms with Gasteiger partial charge in [0.2, 0.25) is 0 Å². The molecule has 0 radical (unpaired) electrons. The number of anilines is 1. The van der Waals surface area contributed by atoms with Gasteiger partial charge in [-0.15, -0.1) is 0 Å². The first-order chi connectivity index (χ1) is 9.97. The zero-order chi connectivity index (χ0) is 15.1. The fourth-order valence-electron chi connectivity index (χ4n) is 2.85. The van der Waals surface area contributed by atoms with Crippen LogP contribution in [0, 0.1) is 0 Å². The van der Waals surface area contributed by atoms with Gasteiger partial charge >= 0.3 is 0 Å². The number of pyridine rings is 1. The first-order valence-electron chi connectivity index (χ1n) is 7.12. The number of aromatic nitrogens is 1. The maximum absolute atomic E-state index is 11.5. The maximum atomic E-state index is 11.5. The molecule has 5 heteroatoms. The minimum atomic E-state index is -0.746. The number of nitrogens with zero attached hydrogens (tertiary/aromatic N) is 2. The molecule has 1 saturated heterocycles. The van der Waals surface area contributed by atoms with E-state index in [4.69, 9.17) is 11.6 Å². The van der Waals surface area contributed by atoms with Crippen LogP contribution in [0.1, 0.15) is 25.3 Å². The summed E-state index contributed by atoms with van der Waals surface area (Å²) in [6.45, 7) is 6.06. The molecule has 1 aliphatic heterocycles. The molecule has 1 aromatic carbocycles. The fourth-order valence-corrected chi connectivity index (χ4v) is 3.78. The van der Waals surface area contributed by atoms with Crippen molar-refractivity contribution in [2.45, 2.75) is 25.0 Å². The van der Waals surface area contributed by atoms with Gasteiger partial charge < -0.3 is 4.90 Å². The third-order valence-electron chi connectivity index (χ3n) is 4.16. The minimum absolute atomic E-state index is 0.282. The quantitative estimate of drug-likeness (QED) is 0.810. The van der Waals surface area contributed by atoms with Crippen LogP contribution in [0.3, 0.4) is 0 Å². The Labute approximate surface area is 132 Å². The molecule has 0 N–H and O–H groups in total. The van der Waals surface area contributed by atoms with Crippen LogP contribution < -0.4 is 4.90 Å². The van der Waals surface area contributed by atoms with E-state index in [1.54, 1.807) is 6.26 Å². The number of benzene rings is 1. The Morgan fingerprint density at radius 1 is 1.33 bits per heavy atom. The van der Waals surface area contributed by atoms with E-state index in [2.05, 4.69) is 35.9 Å². The smallest absolute Gasteiger partial charge is 0.129 e. The molecule has 1 aromatic heterocycles. The van der Waals surface area contributed by atoms with Crippen LogP contribution in [0.5, 0.6) is 0 Å². The van der Waals surface area contributed by atoms with Crippen LogP contribution in [-0.2, 0) is 10.8 Å². The molecule has 0 aliphatic carbocycles. The van der Waals surface area contributed by atoms with Crippen LogP contribution in [0.4, 0.5) is 5.69 Å². The SMILES string of the molecule is CC(C)c1ccc(N2CC([S@](C)=O)C2)c2cnc(Cl)cc12. The number of hydrogen-bond donors (Lipinski definition) is 0. The first kappa shape index (κ1) is 14.8. The van der Waals surface area contributed by atoms with E-state index in [-0.39, 0.29) is 5.25 Å². The summed E-state index contributed by atoms with van der Waals surface area (Å²) in [5.41, 5.74) is 2.45. The maximum Gasteiger partial charge on any atom is 0.129 e. The van der Waals surface area contributed by atoms with Gasteiger partial charge in [-0.25, -0.2) is 4.98 Å². The summed E-state index contributed by atoms with van der Waals surface area (Å²) in [4.78, 5) is 6.51. The molecular formula is C16H19ClN2OS. The minimum Gasteiger partial charge on any atom is -0.368 e. The summed E-state index contributed by atoms with van der Waals surface area (Å²) in [5.74, 6) is 0.437. The van der Waals surface area contributed by atoms with Crippen molar-refractivity contribution >= 4 is 38.9 Å². The van der Waals surface area contributed by atoms with Crippen molar-refractivity contribution in [2.24, 2.45) is 0 Å². The van der Waals surface area contributed by atoms with Gasteiger partial charge in [0, 0.05) is 47.4 Å². The Hall–Kier alpha value is -1.13. The standard InChI is InChI=1S/C16H19ClN2OS/c1-10(2)12-4-5-15(19-8-11(9-19)21(3)20)14-7-18-16(17)6-13(12)14/h4-7,10-11H,8-9H2,1-3H3/t21-/m0/s1. The second-order valence-electron chi connectivity index (χ2n) is 5.91. The summed E-state index contributed by atoms with van der Waals surface area (Å²) in [5, 5.41) is 3.11. The lowest BCUT2D eigenvalue weighted by atomic mass is 9.95. The summed E-state index contributed by atoms with van der Waals surface area (Å²) < 4.78 is 11.5. The third kappa shape index (κ3) is 2.67. The van der Waals surface area contributed by atoms with E-state index >= 15 is 0 Å². The monoisotopic (exact) mass is 322 g/mol. The molecular weight excluding hydrogens is 304 g/mol. The number of rotatable bonds is 3. The van der Waals surface area contributed by atoms with Crippen LogP contribution in [0.15, 0.2) is 24.4 Å². The molecule has 21 heavy (non-hydrogen) atoms. The van der Waals surface area contributed by atoms with Crippen LogP contribution in [0.2, 0.25) is 5.15 Å². The molecule has 3 rings (SSSR count). The van der Waals surface area contributed by atoms with Gasteiger partial charge in [-0.05, 0) is 29.0 Å². The second-order valence-corrected chi connectivity index (χ2v) is 7.96. The summed E-state index contributed by atoms with van der Waals surface area (Å²) in [7, 11) is -0.746. The van der Waals surface area contributed by atoms with E-state index in [1.807, 2.05) is 12.3 Å². The molecule has 2 heterocycles. The first-order valence-corrected chi connectivity index (χ1v) is 9.12. The van der Waals surface area contributed by atoms with Crippen LogP contribution in [-0.4, -0.2) is 33.8 Å². The molecule has 0 spiro atoms. The van der Waals surface area contributed by atoms with Gasteiger partial charge in [-0.3, -0.25) is 4.21 Å². The Morgan fingerprint density at radius 3 is 2.67 bits per heavy atom. The highest BCUT2D eigenvalue weighted by Gasteiger charge is 2.30. The highest BCUT2D eigenvalue weighted by molar-refractivity contribution is 7.85. The Bertz CT molecular complexity index is 711. The van der Waals surface area contributed by atoms with Crippen molar-refractivity contribution in [1.29, 1.82) is 0 Å². The molecule has 2 aromatic rings. The van der Waals surface area contributed by atoms with Crippen molar-refractivity contribution in [3.8, 4) is 0 Å². The van der Waals surface area contributed by atoms with Gasteiger partial charge in [0.15, 0.2) is 0 Å². The fraction of sp³-hybridized carbons (Fsp3) is 0.438. The van der Waals surface area contributed by atoms with Crippen LogP contribution >= 0.6 is 11.6 Å². The average Bonchev–Trinajstić information content (AvgIpc) is 2.35. The molecule has 1 atom stereocenters. The molecule has 0 bridgehead atoms. The molecule has 0 saturated carbocycles. The molecule has 112 valence electrons. The summed E-state index contributed by atoms with van der Waals surface area (Å²) >= 11 is 6.07. The zero-order valence-corrected chi connectivity index (χ0v) is 14.0.